The summed E-state index contributed by atoms with van der Waals surface area (Å²) in [5.74, 6) is -0.0181. The lowest BCUT2D eigenvalue weighted by atomic mass is 10.0. The van der Waals surface area contributed by atoms with Crippen LogP contribution >= 0.6 is 0 Å². The van der Waals surface area contributed by atoms with Gasteiger partial charge >= 0.3 is 0 Å². The number of benzene rings is 4. The lowest BCUT2D eigenvalue weighted by Crippen LogP contribution is -2.27. The van der Waals surface area contributed by atoms with E-state index in [9.17, 15) is 4.79 Å². The van der Waals surface area contributed by atoms with Crippen molar-refractivity contribution in [2.75, 3.05) is 4.90 Å². The zero-order chi connectivity index (χ0) is 18.2. The van der Waals surface area contributed by atoms with Crippen LogP contribution in [0.25, 0.3) is 22.9 Å². The Morgan fingerprint density at radius 2 is 1.15 bits per heavy atom. The fourth-order valence-corrected chi connectivity index (χ4v) is 3.72. The average molecular weight is 347 g/mol. The number of amides is 1. The van der Waals surface area contributed by atoms with Gasteiger partial charge in [-0.3, -0.25) is 9.69 Å². The highest BCUT2D eigenvalue weighted by Crippen LogP contribution is 2.38. The number of para-hydroxylation sites is 2. The Labute approximate surface area is 158 Å². The van der Waals surface area contributed by atoms with E-state index >= 15 is 0 Å². The van der Waals surface area contributed by atoms with E-state index in [1.54, 1.807) is 0 Å². The van der Waals surface area contributed by atoms with Gasteiger partial charge in [0.1, 0.15) is 0 Å². The summed E-state index contributed by atoms with van der Waals surface area (Å²) >= 11 is 0. The van der Waals surface area contributed by atoms with Gasteiger partial charge in [-0.1, -0.05) is 84.9 Å². The van der Waals surface area contributed by atoms with Crippen molar-refractivity contribution in [2.24, 2.45) is 0 Å². The topological polar surface area (TPSA) is 20.3 Å². The third kappa shape index (κ3) is 2.54. The molecule has 0 bridgehead atoms. The first kappa shape index (κ1) is 15.6. The summed E-state index contributed by atoms with van der Waals surface area (Å²) in [5, 5.41) is 2.04. The standard InChI is InChI=1S/C25H17NO/c27-25(22-13-7-11-18-8-1-4-12-21(18)22)26-23-14-5-2-9-19(23)16-17-20-10-3-6-15-24(20)26/h1-17H. The van der Waals surface area contributed by atoms with Crippen LogP contribution in [0.1, 0.15) is 21.5 Å². The first-order valence-corrected chi connectivity index (χ1v) is 9.01. The number of carbonyl (C=O) groups excluding carboxylic acids is 1. The molecule has 0 saturated heterocycles. The molecule has 0 saturated carbocycles. The predicted molar refractivity (Wildman–Crippen MR) is 112 cm³/mol. The average Bonchev–Trinajstić information content (AvgIpc) is 2.90. The van der Waals surface area contributed by atoms with Gasteiger partial charge in [-0.15, -0.1) is 0 Å². The van der Waals surface area contributed by atoms with E-state index in [-0.39, 0.29) is 5.91 Å². The van der Waals surface area contributed by atoms with Gasteiger partial charge in [0.2, 0.25) is 0 Å². The third-order valence-electron chi connectivity index (χ3n) is 5.02. The fourth-order valence-electron chi connectivity index (χ4n) is 3.72. The molecule has 4 aromatic carbocycles. The molecule has 0 aromatic heterocycles. The molecule has 0 aliphatic carbocycles. The van der Waals surface area contributed by atoms with Gasteiger partial charge < -0.3 is 0 Å². The Morgan fingerprint density at radius 3 is 1.85 bits per heavy atom. The summed E-state index contributed by atoms with van der Waals surface area (Å²) in [6, 6.07) is 30.0. The number of nitrogens with zero attached hydrogens (tertiary/aromatic N) is 1. The van der Waals surface area contributed by atoms with E-state index in [2.05, 4.69) is 12.2 Å². The third-order valence-corrected chi connectivity index (χ3v) is 5.02. The SMILES string of the molecule is O=C(c1cccc2ccccc12)N1c2ccccc2C=Cc2ccccc21. The molecule has 1 aliphatic rings. The molecule has 0 N–H and O–H groups in total. The molecular weight excluding hydrogens is 330 g/mol. The summed E-state index contributed by atoms with van der Waals surface area (Å²) in [5.41, 5.74) is 4.57. The van der Waals surface area contributed by atoms with Crippen molar-refractivity contribution in [1.29, 1.82) is 0 Å². The zero-order valence-electron chi connectivity index (χ0n) is 14.7. The highest BCUT2D eigenvalue weighted by atomic mass is 16.2. The summed E-state index contributed by atoms with van der Waals surface area (Å²) in [6.45, 7) is 0. The number of fused-ring (bicyclic) bond motifs is 3. The van der Waals surface area contributed by atoms with Gasteiger partial charge in [0, 0.05) is 5.56 Å². The number of anilines is 2. The summed E-state index contributed by atoms with van der Waals surface area (Å²) in [4.78, 5) is 15.6. The maximum atomic E-state index is 13.8. The lowest BCUT2D eigenvalue weighted by molar-refractivity contribution is 0.100. The van der Waals surface area contributed by atoms with Gasteiger partial charge in [-0.05, 0) is 40.1 Å². The molecule has 0 spiro atoms. The second kappa shape index (κ2) is 6.26. The van der Waals surface area contributed by atoms with E-state index in [1.165, 1.54) is 0 Å². The van der Waals surface area contributed by atoms with Crippen molar-refractivity contribution >= 4 is 40.2 Å². The van der Waals surface area contributed by atoms with Crippen LogP contribution in [0, 0.1) is 0 Å². The highest BCUT2D eigenvalue weighted by Gasteiger charge is 2.25. The molecule has 2 heteroatoms. The van der Waals surface area contributed by atoms with Crippen molar-refractivity contribution in [3.63, 3.8) is 0 Å². The number of carbonyl (C=O) groups is 1. The maximum Gasteiger partial charge on any atom is 0.263 e. The minimum absolute atomic E-state index is 0.0181. The van der Waals surface area contributed by atoms with Crippen LogP contribution in [0.3, 0.4) is 0 Å². The molecule has 0 radical (unpaired) electrons. The van der Waals surface area contributed by atoms with Crippen LogP contribution in [0.15, 0.2) is 91.0 Å². The zero-order valence-corrected chi connectivity index (χ0v) is 14.7. The van der Waals surface area contributed by atoms with Gasteiger partial charge in [-0.25, -0.2) is 0 Å². The molecule has 0 fully saturated rings. The Balaban J connectivity index is 1.77. The van der Waals surface area contributed by atoms with Crippen molar-refractivity contribution in [1.82, 2.24) is 0 Å². The maximum absolute atomic E-state index is 13.8. The molecule has 128 valence electrons. The summed E-state index contributed by atoms with van der Waals surface area (Å²) < 4.78 is 0. The van der Waals surface area contributed by atoms with Crippen LogP contribution in [-0.2, 0) is 0 Å². The molecule has 2 nitrogen and oxygen atoms in total. The molecule has 5 rings (SSSR count). The molecule has 1 heterocycles. The minimum Gasteiger partial charge on any atom is -0.276 e. The van der Waals surface area contributed by atoms with Crippen molar-refractivity contribution in [3.8, 4) is 0 Å². The molecule has 1 amide bonds. The molecule has 4 aromatic rings. The Kier molecular flexibility index (Phi) is 3.61. The first-order chi connectivity index (χ1) is 13.3. The second-order valence-electron chi connectivity index (χ2n) is 6.62. The monoisotopic (exact) mass is 347 g/mol. The van der Waals surface area contributed by atoms with Crippen LogP contribution in [-0.4, -0.2) is 5.91 Å². The van der Waals surface area contributed by atoms with Crippen LogP contribution in [0.5, 0.6) is 0 Å². The smallest absolute Gasteiger partial charge is 0.263 e. The largest absolute Gasteiger partial charge is 0.276 e. The van der Waals surface area contributed by atoms with Crippen LogP contribution in [0.2, 0.25) is 0 Å². The highest BCUT2D eigenvalue weighted by molar-refractivity contribution is 6.19. The van der Waals surface area contributed by atoms with E-state index in [1.807, 2.05) is 95.9 Å². The van der Waals surface area contributed by atoms with Crippen molar-refractivity contribution in [2.45, 2.75) is 0 Å². The lowest BCUT2D eigenvalue weighted by Gasteiger charge is -2.25. The molecule has 0 atom stereocenters. The Morgan fingerprint density at radius 1 is 0.593 bits per heavy atom. The second-order valence-corrected chi connectivity index (χ2v) is 6.62. The minimum atomic E-state index is -0.0181. The Bertz CT molecular complexity index is 1150. The van der Waals surface area contributed by atoms with Crippen LogP contribution < -0.4 is 4.90 Å². The molecule has 27 heavy (non-hydrogen) atoms. The molecular formula is C25H17NO. The van der Waals surface area contributed by atoms with Gasteiger partial charge in [0.05, 0.1) is 11.4 Å². The van der Waals surface area contributed by atoms with Crippen LogP contribution in [0.4, 0.5) is 11.4 Å². The summed E-state index contributed by atoms with van der Waals surface area (Å²) in [6.07, 6.45) is 4.15. The van der Waals surface area contributed by atoms with E-state index < -0.39 is 0 Å². The number of rotatable bonds is 1. The molecule has 1 aliphatic heterocycles. The van der Waals surface area contributed by atoms with E-state index in [4.69, 9.17) is 0 Å². The first-order valence-electron chi connectivity index (χ1n) is 9.01. The number of hydrogen-bond acceptors (Lipinski definition) is 1. The molecule has 0 unspecified atom stereocenters. The van der Waals surface area contributed by atoms with Gasteiger partial charge in [0.25, 0.3) is 5.91 Å². The fraction of sp³-hybridized carbons (Fsp3) is 0. The predicted octanol–water partition coefficient (Wildman–Crippen LogP) is 6.30. The van der Waals surface area contributed by atoms with Crippen molar-refractivity contribution in [3.05, 3.63) is 108 Å². The quantitative estimate of drug-likeness (QED) is 0.395. The van der Waals surface area contributed by atoms with Gasteiger partial charge in [0.15, 0.2) is 0 Å². The van der Waals surface area contributed by atoms with E-state index in [0.717, 1.165) is 33.3 Å². The normalized spacial score (nSPS) is 12.4. The number of hydrogen-bond donors (Lipinski definition) is 0. The van der Waals surface area contributed by atoms with Crippen molar-refractivity contribution < 1.29 is 4.79 Å². The van der Waals surface area contributed by atoms with Gasteiger partial charge in [-0.2, -0.15) is 0 Å². The summed E-state index contributed by atoms with van der Waals surface area (Å²) in [7, 11) is 0. The Hall–Kier alpha value is -3.65. The van der Waals surface area contributed by atoms with E-state index in [0.29, 0.717) is 5.56 Å².